The number of hydrogen-bond donors (Lipinski definition) is 1. The van der Waals surface area contributed by atoms with E-state index in [1.807, 2.05) is 60.7 Å². The van der Waals surface area contributed by atoms with Crippen LogP contribution in [0.2, 0.25) is 5.02 Å². The van der Waals surface area contributed by atoms with Gasteiger partial charge in [-0.3, -0.25) is 9.20 Å². The lowest BCUT2D eigenvalue weighted by molar-refractivity contribution is -0.113. The standard InChI is InChI=1S/C21H16ClN5OS2/c1-11-3-6-17-15(7-11)23-20(30-17)24-19(28)10-29-21-26-25-18-8-12(2)14-9-13(22)4-5-16(14)27(18)21/h3-9H,10H2,1-2H3,(H,23,24,28). The Morgan fingerprint density at radius 3 is 2.90 bits per heavy atom. The second-order valence-corrected chi connectivity index (χ2v) is 9.40. The maximum Gasteiger partial charge on any atom is 0.236 e. The van der Waals surface area contributed by atoms with Crippen LogP contribution in [0, 0.1) is 13.8 Å². The molecular formula is C21H16ClN5OS2. The number of amides is 1. The quantitative estimate of drug-likeness (QED) is 0.364. The molecule has 0 unspecified atom stereocenters. The summed E-state index contributed by atoms with van der Waals surface area (Å²) < 4.78 is 3.00. The number of nitrogens with zero attached hydrogens (tertiary/aromatic N) is 4. The highest BCUT2D eigenvalue weighted by Crippen LogP contribution is 2.29. The first kappa shape index (κ1) is 19.3. The molecule has 0 radical (unpaired) electrons. The Morgan fingerprint density at radius 2 is 2.03 bits per heavy atom. The summed E-state index contributed by atoms with van der Waals surface area (Å²) in [5.41, 5.74) is 4.82. The molecule has 3 aromatic heterocycles. The Morgan fingerprint density at radius 1 is 1.17 bits per heavy atom. The number of hydrogen-bond acceptors (Lipinski definition) is 6. The van der Waals surface area contributed by atoms with Crippen LogP contribution in [-0.2, 0) is 4.79 Å². The molecule has 0 aliphatic rings. The van der Waals surface area contributed by atoms with Crippen molar-refractivity contribution in [2.45, 2.75) is 19.0 Å². The van der Waals surface area contributed by atoms with E-state index in [-0.39, 0.29) is 11.7 Å². The smallest absolute Gasteiger partial charge is 0.236 e. The predicted octanol–water partition coefficient (Wildman–Crippen LogP) is 5.49. The lowest BCUT2D eigenvalue weighted by Gasteiger charge is -2.08. The Bertz CT molecular complexity index is 1440. The first-order chi connectivity index (χ1) is 14.5. The van der Waals surface area contributed by atoms with Gasteiger partial charge in [0.05, 0.1) is 21.5 Å². The molecule has 0 aliphatic heterocycles. The minimum absolute atomic E-state index is 0.132. The van der Waals surface area contributed by atoms with Gasteiger partial charge < -0.3 is 5.32 Å². The van der Waals surface area contributed by atoms with Crippen molar-refractivity contribution in [2.75, 3.05) is 11.1 Å². The molecule has 5 aromatic rings. The molecule has 0 bridgehead atoms. The van der Waals surface area contributed by atoms with Crippen LogP contribution < -0.4 is 5.32 Å². The van der Waals surface area contributed by atoms with Crippen LogP contribution in [0.15, 0.2) is 47.6 Å². The maximum atomic E-state index is 12.5. The average molecular weight is 454 g/mol. The number of aromatic nitrogens is 4. The molecule has 0 saturated heterocycles. The molecule has 0 aliphatic carbocycles. The molecule has 2 aromatic carbocycles. The zero-order valence-electron chi connectivity index (χ0n) is 16.1. The molecule has 0 saturated carbocycles. The minimum Gasteiger partial charge on any atom is -0.301 e. The molecule has 5 rings (SSSR count). The van der Waals surface area contributed by atoms with Crippen molar-refractivity contribution in [2.24, 2.45) is 0 Å². The molecule has 1 amide bonds. The highest BCUT2D eigenvalue weighted by Gasteiger charge is 2.14. The van der Waals surface area contributed by atoms with E-state index < -0.39 is 0 Å². The summed E-state index contributed by atoms with van der Waals surface area (Å²) in [7, 11) is 0. The van der Waals surface area contributed by atoms with Gasteiger partial charge in [-0.2, -0.15) is 0 Å². The normalized spacial score (nSPS) is 11.6. The van der Waals surface area contributed by atoms with Crippen LogP contribution in [0.1, 0.15) is 11.1 Å². The van der Waals surface area contributed by atoms with Gasteiger partial charge in [-0.25, -0.2) is 4.98 Å². The van der Waals surface area contributed by atoms with Crippen LogP contribution in [0.3, 0.4) is 0 Å². The van der Waals surface area contributed by atoms with Crippen molar-refractivity contribution >= 4 is 72.5 Å². The van der Waals surface area contributed by atoms with Crippen LogP contribution in [0.4, 0.5) is 5.13 Å². The van der Waals surface area contributed by atoms with E-state index >= 15 is 0 Å². The molecule has 150 valence electrons. The fourth-order valence-electron chi connectivity index (χ4n) is 3.36. The number of fused-ring (bicyclic) bond motifs is 4. The van der Waals surface area contributed by atoms with E-state index in [0.29, 0.717) is 15.3 Å². The van der Waals surface area contributed by atoms with Gasteiger partial charge in [-0.15, -0.1) is 10.2 Å². The molecule has 6 nitrogen and oxygen atoms in total. The Hall–Kier alpha value is -2.68. The van der Waals surface area contributed by atoms with Gasteiger partial charge in [-0.1, -0.05) is 40.8 Å². The molecule has 0 atom stereocenters. The summed E-state index contributed by atoms with van der Waals surface area (Å²) in [6.07, 6.45) is 0. The molecular weight excluding hydrogens is 438 g/mol. The number of rotatable bonds is 4. The average Bonchev–Trinajstić information content (AvgIpc) is 3.29. The van der Waals surface area contributed by atoms with Crippen molar-refractivity contribution < 1.29 is 4.79 Å². The second kappa shape index (κ2) is 7.54. The number of aryl methyl sites for hydroxylation is 2. The third-order valence-electron chi connectivity index (χ3n) is 4.75. The first-order valence-corrected chi connectivity index (χ1v) is 11.4. The SMILES string of the molecule is Cc1ccc2sc(NC(=O)CSc3nnc4cc(C)c5cc(Cl)ccc5n34)nc2c1. The van der Waals surface area contributed by atoms with Crippen molar-refractivity contribution in [1.82, 2.24) is 19.6 Å². The summed E-state index contributed by atoms with van der Waals surface area (Å²) >= 11 is 8.98. The molecule has 1 N–H and O–H groups in total. The molecule has 3 heterocycles. The maximum absolute atomic E-state index is 12.5. The highest BCUT2D eigenvalue weighted by molar-refractivity contribution is 7.99. The summed E-state index contributed by atoms with van der Waals surface area (Å²) in [5, 5.41) is 14.4. The number of thioether (sulfide) groups is 1. The van der Waals surface area contributed by atoms with E-state index in [9.17, 15) is 4.79 Å². The Kier molecular flexibility index (Phi) is 4.85. The minimum atomic E-state index is -0.132. The number of nitrogens with one attached hydrogen (secondary N) is 1. The molecule has 0 fully saturated rings. The lowest BCUT2D eigenvalue weighted by Crippen LogP contribution is -2.14. The van der Waals surface area contributed by atoms with Crippen LogP contribution >= 0.6 is 34.7 Å². The second-order valence-electron chi connectivity index (χ2n) is 6.99. The van der Waals surface area contributed by atoms with Gasteiger partial charge in [0.1, 0.15) is 0 Å². The van der Waals surface area contributed by atoms with E-state index in [4.69, 9.17) is 11.6 Å². The van der Waals surface area contributed by atoms with E-state index in [1.165, 1.54) is 23.1 Å². The Labute approximate surface area is 185 Å². The molecule has 0 spiro atoms. The lowest BCUT2D eigenvalue weighted by atomic mass is 10.1. The Balaban J connectivity index is 1.38. The summed E-state index contributed by atoms with van der Waals surface area (Å²) in [4.78, 5) is 17.0. The van der Waals surface area contributed by atoms with Gasteiger partial charge in [0.15, 0.2) is 15.9 Å². The third-order valence-corrected chi connectivity index (χ3v) is 6.87. The zero-order valence-corrected chi connectivity index (χ0v) is 18.5. The van der Waals surface area contributed by atoms with Gasteiger partial charge in [-0.05, 0) is 61.4 Å². The van der Waals surface area contributed by atoms with Crippen molar-refractivity contribution in [3.05, 3.63) is 58.6 Å². The summed E-state index contributed by atoms with van der Waals surface area (Å²) in [6.45, 7) is 4.04. The number of pyridine rings is 1. The fraction of sp³-hybridized carbons (Fsp3) is 0.143. The molecule has 30 heavy (non-hydrogen) atoms. The third kappa shape index (κ3) is 3.51. The van der Waals surface area contributed by atoms with Crippen molar-refractivity contribution in [1.29, 1.82) is 0 Å². The number of benzene rings is 2. The number of carbonyl (C=O) groups is 1. The number of halogens is 1. The van der Waals surface area contributed by atoms with Crippen LogP contribution in [-0.4, -0.2) is 31.2 Å². The predicted molar refractivity (Wildman–Crippen MR) is 124 cm³/mol. The largest absolute Gasteiger partial charge is 0.301 e. The first-order valence-electron chi connectivity index (χ1n) is 9.22. The van der Waals surface area contributed by atoms with Crippen LogP contribution in [0.25, 0.3) is 26.8 Å². The van der Waals surface area contributed by atoms with Crippen LogP contribution in [0.5, 0.6) is 0 Å². The van der Waals surface area contributed by atoms with E-state index in [0.717, 1.165) is 37.9 Å². The number of thiazole rings is 1. The van der Waals surface area contributed by atoms with E-state index in [2.05, 4.69) is 20.5 Å². The highest BCUT2D eigenvalue weighted by atomic mass is 35.5. The monoisotopic (exact) mass is 453 g/mol. The van der Waals surface area contributed by atoms with Gasteiger partial charge >= 0.3 is 0 Å². The number of carbonyl (C=O) groups excluding carboxylic acids is 1. The van der Waals surface area contributed by atoms with E-state index in [1.54, 1.807) is 0 Å². The summed E-state index contributed by atoms with van der Waals surface area (Å²) in [6, 6.07) is 13.8. The topological polar surface area (TPSA) is 72.2 Å². The fourth-order valence-corrected chi connectivity index (χ4v) is 5.15. The van der Waals surface area contributed by atoms with Gasteiger partial charge in [0, 0.05) is 10.4 Å². The van der Waals surface area contributed by atoms with Gasteiger partial charge in [0.25, 0.3) is 0 Å². The number of anilines is 1. The van der Waals surface area contributed by atoms with Crippen molar-refractivity contribution in [3.8, 4) is 0 Å². The van der Waals surface area contributed by atoms with Gasteiger partial charge in [0.2, 0.25) is 5.91 Å². The van der Waals surface area contributed by atoms with Crippen molar-refractivity contribution in [3.63, 3.8) is 0 Å². The zero-order chi connectivity index (χ0) is 20.8. The molecule has 9 heteroatoms. The summed E-state index contributed by atoms with van der Waals surface area (Å²) in [5.74, 6) is 0.0746.